The molecule has 0 saturated heterocycles. The molecule has 94 valence electrons. The number of aryl methyl sites for hydroxylation is 2. The van der Waals surface area contributed by atoms with E-state index >= 15 is 0 Å². The Morgan fingerprint density at radius 3 is 2.50 bits per heavy atom. The second kappa shape index (κ2) is 4.79. The number of carbonyl (C=O) groups excluding carboxylic acids is 1. The van der Waals surface area contributed by atoms with Crippen molar-refractivity contribution in [3.63, 3.8) is 0 Å². The van der Waals surface area contributed by atoms with E-state index in [0.29, 0.717) is 17.1 Å². The van der Waals surface area contributed by atoms with E-state index in [1.807, 2.05) is 6.92 Å². The molecule has 0 aliphatic rings. The fourth-order valence-corrected chi connectivity index (χ4v) is 1.57. The highest BCUT2D eigenvalue weighted by Gasteiger charge is 2.07. The summed E-state index contributed by atoms with van der Waals surface area (Å²) < 4.78 is 1.65. The molecule has 0 unspecified atom stereocenters. The third kappa shape index (κ3) is 2.79. The largest absolute Gasteiger partial charge is 0.399 e. The lowest BCUT2D eigenvalue weighted by atomic mass is 10.3. The van der Waals surface area contributed by atoms with Crippen molar-refractivity contribution >= 4 is 23.1 Å². The molecule has 6 nitrogen and oxygen atoms in total. The zero-order valence-electron chi connectivity index (χ0n) is 10.3. The SMILES string of the molecule is Cc1nn(C)cc1NC(=O)Nc1ccc(N)cc1. The number of benzene rings is 1. The van der Waals surface area contributed by atoms with Gasteiger partial charge in [-0.15, -0.1) is 0 Å². The molecular formula is C12H15N5O. The molecule has 4 N–H and O–H groups in total. The normalized spacial score (nSPS) is 10.1. The van der Waals surface area contributed by atoms with Gasteiger partial charge in [0, 0.05) is 24.6 Å². The first-order valence-corrected chi connectivity index (χ1v) is 5.48. The van der Waals surface area contributed by atoms with Crippen LogP contribution in [0, 0.1) is 6.92 Å². The summed E-state index contributed by atoms with van der Waals surface area (Å²) in [6.45, 7) is 1.83. The number of nitrogens with zero attached hydrogens (tertiary/aromatic N) is 2. The van der Waals surface area contributed by atoms with Crippen molar-refractivity contribution in [2.45, 2.75) is 6.92 Å². The van der Waals surface area contributed by atoms with E-state index in [-0.39, 0.29) is 6.03 Å². The van der Waals surface area contributed by atoms with Crippen molar-refractivity contribution in [2.75, 3.05) is 16.4 Å². The minimum Gasteiger partial charge on any atom is -0.399 e. The van der Waals surface area contributed by atoms with Crippen molar-refractivity contribution in [2.24, 2.45) is 7.05 Å². The van der Waals surface area contributed by atoms with Crippen molar-refractivity contribution in [1.82, 2.24) is 9.78 Å². The Morgan fingerprint density at radius 1 is 1.28 bits per heavy atom. The number of rotatable bonds is 2. The van der Waals surface area contributed by atoms with Crippen LogP contribution in [0.2, 0.25) is 0 Å². The van der Waals surface area contributed by atoms with Crippen LogP contribution in [0.15, 0.2) is 30.5 Å². The molecule has 0 atom stereocenters. The average molecular weight is 245 g/mol. The summed E-state index contributed by atoms with van der Waals surface area (Å²) in [5.74, 6) is 0. The van der Waals surface area contributed by atoms with Gasteiger partial charge in [-0.2, -0.15) is 5.10 Å². The van der Waals surface area contributed by atoms with Crippen LogP contribution in [0.5, 0.6) is 0 Å². The zero-order valence-corrected chi connectivity index (χ0v) is 10.3. The summed E-state index contributed by atoms with van der Waals surface area (Å²) in [5, 5.41) is 9.58. The quantitative estimate of drug-likeness (QED) is 0.707. The molecule has 2 amide bonds. The number of nitrogens with one attached hydrogen (secondary N) is 2. The molecule has 0 fully saturated rings. The van der Waals surface area contributed by atoms with Gasteiger partial charge in [0.15, 0.2) is 0 Å². The third-order valence-corrected chi connectivity index (χ3v) is 2.43. The van der Waals surface area contributed by atoms with Crippen molar-refractivity contribution in [3.05, 3.63) is 36.2 Å². The van der Waals surface area contributed by atoms with Gasteiger partial charge in [0.1, 0.15) is 0 Å². The van der Waals surface area contributed by atoms with Crippen molar-refractivity contribution < 1.29 is 4.79 Å². The number of carbonyl (C=O) groups is 1. The number of hydrogen-bond acceptors (Lipinski definition) is 3. The number of nitrogens with two attached hydrogens (primary N) is 1. The molecule has 0 spiro atoms. The maximum atomic E-state index is 11.7. The minimum atomic E-state index is -0.309. The summed E-state index contributed by atoms with van der Waals surface area (Å²) in [5.41, 5.74) is 8.36. The Hall–Kier alpha value is -2.50. The summed E-state index contributed by atoms with van der Waals surface area (Å²) in [6, 6.07) is 6.63. The maximum absolute atomic E-state index is 11.7. The molecular weight excluding hydrogens is 230 g/mol. The molecule has 0 aliphatic heterocycles. The Bertz CT molecular complexity index is 558. The second-order valence-corrected chi connectivity index (χ2v) is 4.00. The minimum absolute atomic E-state index is 0.309. The Labute approximate surface area is 105 Å². The number of amides is 2. The molecule has 2 rings (SSSR count). The molecule has 6 heteroatoms. The highest BCUT2D eigenvalue weighted by atomic mass is 16.2. The van der Waals surface area contributed by atoms with Gasteiger partial charge >= 0.3 is 6.03 Å². The number of aromatic nitrogens is 2. The Kier molecular flexibility index (Phi) is 3.18. The fourth-order valence-electron chi connectivity index (χ4n) is 1.57. The van der Waals surface area contributed by atoms with Gasteiger partial charge < -0.3 is 16.4 Å². The average Bonchev–Trinajstić information content (AvgIpc) is 2.61. The highest BCUT2D eigenvalue weighted by Crippen LogP contribution is 2.13. The number of urea groups is 1. The fraction of sp³-hybridized carbons (Fsp3) is 0.167. The number of hydrogen-bond donors (Lipinski definition) is 3. The van der Waals surface area contributed by atoms with Crippen molar-refractivity contribution in [3.8, 4) is 0 Å². The zero-order chi connectivity index (χ0) is 13.1. The molecule has 0 radical (unpaired) electrons. The molecule has 1 aromatic heterocycles. The standard InChI is InChI=1S/C12H15N5O/c1-8-11(7-17(2)16-8)15-12(18)14-10-5-3-9(13)4-6-10/h3-7H,13H2,1-2H3,(H2,14,15,18). The van der Waals surface area contributed by atoms with Crippen LogP contribution in [-0.4, -0.2) is 15.8 Å². The van der Waals surface area contributed by atoms with Crippen LogP contribution in [-0.2, 0) is 7.05 Å². The molecule has 0 bridgehead atoms. The molecule has 0 saturated carbocycles. The van der Waals surface area contributed by atoms with Gasteiger partial charge in [-0.3, -0.25) is 4.68 Å². The number of nitrogen functional groups attached to an aromatic ring is 1. The summed E-state index contributed by atoms with van der Waals surface area (Å²) in [7, 11) is 1.80. The van der Waals surface area contributed by atoms with E-state index in [1.54, 1.807) is 42.2 Å². The lowest BCUT2D eigenvalue weighted by Gasteiger charge is -2.06. The molecule has 2 aromatic rings. The van der Waals surface area contributed by atoms with E-state index < -0.39 is 0 Å². The van der Waals surface area contributed by atoms with Crippen LogP contribution in [0.1, 0.15) is 5.69 Å². The van der Waals surface area contributed by atoms with Crippen LogP contribution >= 0.6 is 0 Å². The first kappa shape index (κ1) is 12.0. The Balaban J connectivity index is 2.01. The monoisotopic (exact) mass is 245 g/mol. The van der Waals surface area contributed by atoms with Crippen molar-refractivity contribution in [1.29, 1.82) is 0 Å². The van der Waals surface area contributed by atoms with E-state index in [4.69, 9.17) is 5.73 Å². The van der Waals surface area contributed by atoms with Gasteiger partial charge in [-0.25, -0.2) is 4.79 Å². The predicted octanol–water partition coefficient (Wildman–Crippen LogP) is 1.95. The van der Waals surface area contributed by atoms with Gasteiger partial charge in [0.25, 0.3) is 0 Å². The second-order valence-electron chi connectivity index (χ2n) is 4.00. The van der Waals surface area contributed by atoms with Gasteiger partial charge in [0.05, 0.1) is 11.4 Å². The third-order valence-electron chi connectivity index (χ3n) is 2.43. The smallest absolute Gasteiger partial charge is 0.323 e. The molecule has 1 aromatic carbocycles. The van der Waals surface area contributed by atoms with Crippen LogP contribution < -0.4 is 16.4 Å². The topological polar surface area (TPSA) is 85.0 Å². The number of anilines is 3. The first-order valence-electron chi connectivity index (χ1n) is 5.48. The van der Waals surface area contributed by atoms with Gasteiger partial charge in [-0.05, 0) is 31.2 Å². The molecule has 18 heavy (non-hydrogen) atoms. The maximum Gasteiger partial charge on any atom is 0.323 e. The van der Waals surface area contributed by atoms with E-state index in [2.05, 4.69) is 15.7 Å². The van der Waals surface area contributed by atoms with E-state index in [1.165, 1.54) is 0 Å². The summed E-state index contributed by atoms with van der Waals surface area (Å²) >= 11 is 0. The van der Waals surface area contributed by atoms with Crippen LogP contribution in [0.4, 0.5) is 21.9 Å². The first-order chi connectivity index (χ1) is 8.54. The van der Waals surface area contributed by atoms with Crippen LogP contribution in [0.3, 0.4) is 0 Å². The summed E-state index contributed by atoms with van der Waals surface area (Å²) in [4.78, 5) is 11.7. The lowest BCUT2D eigenvalue weighted by Crippen LogP contribution is -2.19. The van der Waals surface area contributed by atoms with E-state index in [0.717, 1.165) is 5.69 Å². The molecule has 1 heterocycles. The molecule has 0 aliphatic carbocycles. The predicted molar refractivity (Wildman–Crippen MR) is 71.4 cm³/mol. The lowest BCUT2D eigenvalue weighted by molar-refractivity contribution is 0.262. The highest BCUT2D eigenvalue weighted by molar-refractivity contribution is 6.00. The Morgan fingerprint density at radius 2 is 1.94 bits per heavy atom. The van der Waals surface area contributed by atoms with E-state index in [9.17, 15) is 4.79 Å². The van der Waals surface area contributed by atoms with Gasteiger partial charge in [-0.1, -0.05) is 0 Å². The van der Waals surface area contributed by atoms with Gasteiger partial charge in [0.2, 0.25) is 0 Å². The summed E-state index contributed by atoms with van der Waals surface area (Å²) in [6.07, 6.45) is 1.75. The van der Waals surface area contributed by atoms with Crippen LogP contribution in [0.25, 0.3) is 0 Å².